The fraction of sp³-hybridized carbons (Fsp3) is 0.344. The number of carbonyl (C=O) groups excluding carboxylic acids is 2. The van der Waals surface area contributed by atoms with Crippen LogP contribution >= 0.6 is 0 Å². The third-order valence-electron chi connectivity index (χ3n) is 8.22. The molecule has 2 saturated carbocycles. The molecule has 1 heterocycles. The minimum absolute atomic E-state index is 0.0676. The maximum absolute atomic E-state index is 13.6. The fourth-order valence-electron chi connectivity index (χ4n) is 6.34. The molecule has 1 atom stereocenters. The quantitative estimate of drug-likeness (QED) is 0.261. The van der Waals surface area contributed by atoms with E-state index in [0.717, 1.165) is 36.8 Å². The number of rotatable bonds is 7. The van der Waals surface area contributed by atoms with Gasteiger partial charge in [-0.15, -0.1) is 0 Å². The van der Waals surface area contributed by atoms with Gasteiger partial charge in [0.05, 0.1) is 19.1 Å². The van der Waals surface area contributed by atoms with Crippen LogP contribution in [0.1, 0.15) is 73.3 Å². The Morgan fingerprint density at radius 2 is 1.72 bits per heavy atom. The van der Waals surface area contributed by atoms with Crippen molar-refractivity contribution in [3.05, 3.63) is 90.1 Å². The second-order valence-corrected chi connectivity index (χ2v) is 10.7. The van der Waals surface area contributed by atoms with Gasteiger partial charge in [0.1, 0.15) is 5.78 Å². The average Bonchev–Trinajstić information content (AvgIpc) is 3.33. The molecule has 3 aromatic carbocycles. The highest BCUT2D eigenvalue weighted by Crippen LogP contribution is 2.62. The second-order valence-electron chi connectivity index (χ2n) is 10.7. The summed E-state index contributed by atoms with van der Waals surface area (Å²) >= 11 is 0. The topological polar surface area (TPSA) is 52.0 Å². The molecular weight excluding hydrogens is 444 g/mol. The first-order valence-electron chi connectivity index (χ1n) is 14.7. The van der Waals surface area contributed by atoms with Crippen LogP contribution in [-0.4, -0.2) is 21.3 Å². The molecule has 0 aliphatic heterocycles. The van der Waals surface area contributed by atoms with Crippen molar-refractivity contribution in [3.8, 4) is 11.1 Å². The Morgan fingerprint density at radius 3 is 2.42 bits per heavy atom. The predicted molar refractivity (Wildman–Crippen MR) is 143 cm³/mol. The third-order valence-corrected chi connectivity index (χ3v) is 8.22. The predicted octanol–water partition coefficient (Wildman–Crippen LogP) is 7.28. The van der Waals surface area contributed by atoms with Crippen molar-refractivity contribution in [1.29, 1.82) is 0 Å². The van der Waals surface area contributed by atoms with E-state index in [1.807, 2.05) is 42.5 Å². The molecule has 6 rings (SSSR count). The maximum atomic E-state index is 13.6. The van der Waals surface area contributed by atoms with Gasteiger partial charge in [-0.1, -0.05) is 66.7 Å². The Kier molecular flexibility index (Phi) is 4.59. The molecule has 0 amide bonds. The van der Waals surface area contributed by atoms with Crippen LogP contribution < -0.4 is 0 Å². The van der Waals surface area contributed by atoms with E-state index in [1.54, 1.807) is 37.3 Å². The number of hydrogen-bond acceptors (Lipinski definition) is 3. The van der Waals surface area contributed by atoms with E-state index in [2.05, 4.69) is 5.10 Å². The van der Waals surface area contributed by atoms with E-state index in [0.29, 0.717) is 22.9 Å². The van der Waals surface area contributed by atoms with Gasteiger partial charge in [0.25, 0.3) is 0 Å². The van der Waals surface area contributed by atoms with Gasteiger partial charge in [-0.3, -0.25) is 14.3 Å². The van der Waals surface area contributed by atoms with Crippen molar-refractivity contribution in [2.45, 2.75) is 51.9 Å². The molecule has 4 nitrogen and oxygen atoms in total. The highest BCUT2D eigenvalue weighted by atomic mass is 16.1. The van der Waals surface area contributed by atoms with Crippen LogP contribution in [0.4, 0.5) is 0 Å². The number of fused-ring (bicyclic) bond motifs is 1. The summed E-state index contributed by atoms with van der Waals surface area (Å²) in [4.78, 5) is 25.3. The van der Waals surface area contributed by atoms with Gasteiger partial charge in [-0.05, 0) is 73.5 Å². The zero-order valence-electron chi connectivity index (χ0n) is 24.4. The average molecular weight is 481 g/mol. The van der Waals surface area contributed by atoms with Crippen LogP contribution in [-0.2, 0) is 4.79 Å². The number of hydrogen-bond donors (Lipinski definition) is 0. The van der Waals surface area contributed by atoms with Crippen molar-refractivity contribution < 1.29 is 15.1 Å². The molecule has 182 valence electrons. The Labute approximate surface area is 218 Å². The van der Waals surface area contributed by atoms with Gasteiger partial charge in [-0.25, -0.2) is 0 Å². The van der Waals surface area contributed by atoms with Crippen molar-refractivity contribution >= 4 is 22.5 Å². The lowest BCUT2D eigenvalue weighted by molar-refractivity contribution is -0.136. The molecule has 1 aromatic heterocycles. The molecule has 0 bridgehead atoms. The molecule has 0 saturated heterocycles. The van der Waals surface area contributed by atoms with E-state index in [9.17, 15) is 11.0 Å². The monoisotopic (exact) mass is 480 g/mol. The van der Waals surface area contributed by atoms with Crippen LogP contribution in [0, 0.1) is 17.3 Å². The Bertz CT molecular complexity index is 1580. The molecule has 36 heavy (non-hydrogen) atoms. The van der Waals surface area contributed by atoms with Crippen LogP contribution in [0.15, 0.2) is 79.0 Å². The van der Waals surface area contributed by atoms with E-state index in [4.69, 9.17) is 4.11 Å². The van der Waals surface area contributed by atoms with Crippen molar-refractivity contribution in [1.82, 2.24) is 9.78 Å². The molecule has 4 heteroatoms. The molecule has 0 radical (unpaired) electrons. The summed E-state index contributed by atoms with van der Waals surface area (Å²) in [5.41, 5.74) is 3.17. The molecule has 1 unspecified atom stereocenters. The van der Waals surface area contributed by atoms with E-state index >= 15 is 0 Å². The lowest BCUT2D eigenvalue weighted by Crippen LogP contribution is -2.49. The number of ketones is 2. The van der Waals surface area contributed by atoms with Crippen LogP contribution in [0.2, 0.25) is 0 Å². The summed E-state index contributed by atoms with van der Waals surface area (Å²) < 4.78 is 35.9. The number of benzene rings is 3. The standard InChI is InChI=1S/C32H32N2O2/c1-21(24-11-13-26(14-12-24)25-7-4-3-5-8-25)34-31-27(20-33-34)9-6-10-29(31)30(36)15-23-16-32(17-23)18-28(19-32)22(2)35/h3-14,20-21,23,28H,15-19H2,1-2H3/i1D3,21D. The number of carbonyl (C=O) groups is 2. The molecule has 2 aliphatic rings. The van der Waals surface area contributed by atoms with Gasteiger partial charge in [0.2, 0.25) is 0 Å². The summed E-state index contributed by atoms with van der Waals surface area (Å²) in [6, 6.07) is 19.8. The van der Waals surface area contributed by atoms with Crippen molar-refractivity contribution in [2.75, 3.05) is 0 Å². The Balaban J connectivity index is 1.32. The SMILES string of the molecule is [2H]C([2H])([2H])C([2H])(c1ccc(-c2ccccc2)cc1)n1ncc2cccc(C(=O)CC3CC4(C3)CC(C(C)=O)C4)c21. The van der Waals surface area contributed by atoms with Crippen LogP contribution in [0.5, 0.6) is 0 Å². The Hall–Kier alpha value is -3.53. The highest BCUT2D eigenvalue weighted by molar-refractivity contribution is 6.07. The summed E-state index contributed by atoms with van der Waals surface area (Å²) in [6.07, 6.45) is 5.65. The minimum atomic E-state index is -2.77. The fourth-order valence-corrected chi connectivity index (χ4v) is 6.34. The third kappa shape index (κ3) is 3.99. The van der Waals surface area contributed by atoms with Crippen molar-refractivity contribution in [3.63, 3.8) is 0 Å². The van der Waals surface area contributed by atoms with E-state index in [-0.39, 0.29) is 34.4 Å². The summed E-state index contributed by atoms with van der Waals surface area (Å²) in [5.74, 6) is 0.613. The van der Waals surface area contributed by atoms with Gasteiger partial charge in [0.15, 0.2) is 5.78 Å². The maximum Gasteiger partial charge on any atom is 0.165 e. The summed E-state index contributed by atoms with van der Waals surface area (Å²) in [5, 5.41) is 5.03. The smallest absolute Gasteiger partial charge is 0.165 e. The Morgan fingerprint density at radius 1 is 1.00 bits per heavy atom. The first kappa shape index (κ1) is 18.7. The van der Waals surface area contributed by atoms with Crippen LogP contribution in [0.3, 0.4) is 0 Å². The molecule has 0 N–H and O–H groups in total. The van der Waals surface area contributed by atoms with Crippen LogP contribution in [0.25, 0.3) is 22.0 Å². The molecule has 2 aliphatic carbocycles. The minimum Gasteiger partial charge on any atom is -0.300 e. The molecule has 1 spiro atoms. The molecule has 2 fully saturated rings. The van der Waals surface area contributed by atoms with Gasteiger partial charge in [-0.2, -0.15) is 5.10 Å². The first-order valence-corrected chi connectivity index (χ1v) is 12.7. The number of nitrogens with zero attached hydrogens (tertiary/aromatic N) is 2. The zero-order valence-corrected chi connectivity index (χ0v) is 20.4. The highest BCUT2D eigenvalue weighted by Gasteiger charge is 2.53. The first-order chi connectivity index (χ1) is 19.0. The lowest BCUT2D eigenvalue weighted by Gasteiger charge is -2.57. The largest absolute Gasteiger partial charge is 0.300 e. The molecular formula is C32H32N2O2. The zero-order chi connectivity index (χ0) is 28.3. The lowest BCUT2D eigenvalue weighted by atomic mass is 9.47. The van der Waals surface area contributed by atoms with Gasteiger partial charge in [0, 0.05) is 27.4 Å². The van der Waals surface area contributed by atoms with E-state index in [1.165, 1.54) is 10.9 Å². The van der Waals surface area contributed by atoms with E-state index < -0.39 is 12.9 Å². The van der Waals surface area contributed by atoms with Gasteiger partial charge >= 0.3 is 0 Å². The van der Waals surface area contributed by atoms with Crippen molar-refractivity contribution in [2.24, 2.45) is 17.3 Å². The molecule has 4 aromatic rings. The summed E-state index contributed by atoms with van der Waals surface area (Å²) in [6.45, 7) is -1.11. The number of para-hydroxylation sites is 1. The number of Topliss-reactive ketones (excluding diaryl/α,β-unsaturated/α-hetero) is 2. The second kappa shape index (κ2) is 8.85. The summed E-state index contributed by atoms with van der Waals surface area (Å²) in [7, 11) is 0. The van der Waals surface area contributed by atoms with Gasteiger partial charge < -0.3 is 0 Å². The number of aromatic nitrogens is 2. The normalized spacial score (nSPS) is 26.6.